The van der Waals surface area contributed by atoms with E-state index in [-0.39, 0.29) is 24.4 Å². The molecule has 1 aromatic rings. The van der Waals surface area contributed by atoms with Gasteiger partial charge in [0, 0.05) is 12.2 Å². The molecule has 0 fully saturated rings. The van der Waals surface area contributed by atoms with E-state index in [1.165, 1.54) is 17.0 Å². The third kappa shape index (κ3) is 2.42. The van der Waals surface area contributed by atoms with Crippen molar-refractivity contribution in [3.05, 3.63) is 29.3 Å². The number of carboxylic acid groups (broad SMARTS) is 1. The number of nitrogens with two attached hydrogens (primary N) is 1. The molecule has 0 aliphatic carbocycles. The van der Waals surface area contributed by atoms with E-state index in [2.05, 4.69) is 0 Å². The third-order valence-corrected chi connectivity index (χ3v) is 3.21. The first-order chi connectivity index (χ1) is 8.90. The van der Waals surface area contributed by atoms with E-state index in [4.69, 9.17) is 10.8 Å². The van der Waals surface area contributed by atoms with Crippen molar-refractivity contribution in [1.82, 2.24) is 0 Å². The van der Waals surface area contributed by atoms with Crippen LogP contribution in [0.3, 0.4) is 0 Å². The lowest BCUT2D eigenvalue weighted by Gasteiger charge is -2.20. The van der Waals surface area contributed by atoms with Gasteiger partial charge in [-0.25, -0.2) is 4.79 Å². The van der Waals surface area contributed by atoms with Gasteiger partial charge in [0.2, 0.25) is 11.8 Å². The molecule has 0 radical (unpaired) electrons. The molecule has 1 aliphatic heterocycles. The zero-order chi connectivity index (χ0) is 14.2. The highest BCUT2D eigenvalue weighted by Crippen LogP contribution is 2.30. The van der Waals surface area contributed by atoms with Gasteiger partial charge in [-0.05, 0) is 17.7 Å². The summed E-state index contributed by atoms with van der Waals surface area (Å²) in [5, 5.41) is 8.96. The van der Waals surface area contributed by atoms with Gasteiger partial charge in [0.15, 0.2) is 0 Å². The number of carbonyl (C=O) groups is 3. The van der Waals surface area contributed by atoms with Crippen molar-refractivity contribution >= 4 is 23.5 Å². The Balaban J connectivity index is 2.33. The summed E-state index contributed by atoms with van der Waals surface area (Å²) in [5.74, 6) is -2.17. The van der Waals surface area contributed by atoms with E-state index in [1.54, 1.807) is 13.0 Å². The van der Waals surface area contributed by atoms with Gasteiger partial charge >= 0.3 is 5.97 Å². The Hall–Kier alpha value is -2.37. The van der Waals surface area contributed by atoms with Gasteiger partial charge in [0.1, 0.15) is 0 Å². The highest BCUT2D eigenvalue weighted by molar-refractivity contribution is 6.03. The molecule has 100 valence electrons. The second-order valence-electron chi connectivity index (χ2n) is 4.63. The maximum Gasteiger partial charge on any atom is 0.335 e. The Morgan fingerprint density at radius 3 is 2.74 bits per heavy atom. The van der Waals surface area contributed by atoms with Crippen LogP contribution in [0, 0.1) is 5.92 Å². The predicted molar refractivity (Wildman–Crippen MR) is 67.8 cm³/mol. The van der Waals surface area contributed by atoms with Crippen LogP contribution in [0.15, 0.2) is 18.2 Å². The average Bonchev–Trinajstić information content (AvgIpc) is 2.65. The summed E-state index contributed by atoms with van der Waals surface area (Å²) in [7, 11) is 0. The topological polar surface area (TPSA) is 101 Å². The van der Waals surface area contributed by atoms with E-state index >= 15 is 0 Å². The standard InChI is InChI=1S/C13H14N2O4/c1-7(12(14)17)6-15-10-4-9(13(18)19)3-2-8(10)5-11(15)16/h2-4,7H,5-6H2,1H3,(H2,14,17)(H,18,19). The highest BCUT2D eigenvalue weighted by Gasteiger charge is 2.30. The van der Waals surface area contributed by atoms with Crippen molar-refractivity contribution in [2.45, 2.75) is 13.3 Å². The second kappa shape index (κ2) is 4.72. The SMILES string of the molecule is CC(CN1C(=O)Cc2ccc(C(=O)O)cc21)C(N)=O. The van der Waals surface area contributed by atoms with E-state index in [9.17, 15) is 14.4 Å². The molecule has 1 heterocycles. The zero-order valence-corrected chi connectivity index (χ0v) is 10.4. The van der Waals surface area contributed by atoms with Crippen LogP contribution in [0.5, 0.6) is 0 Å². The molecule has 1 atom stereocenters. The molecule has 6 nitrogen and oxygen atoms in total. The first-order valence-corrected chi connectivity index (χ1v) is 5.86. The van der Waals surface area contributed by atoms with Crippen LogP contribution >= 0.6 is 0 Å². The normalized spacial score (nSPS) is 15.2. The summed E-state index contributed by atoms with van der Waals surface area (Å²) in [6, 6.07) is 4.55. The quantitative estimate of drug-likeness (QED) is 0.819. The minimum atomic E-state index is -1.05. The number of hydrogen-bond acceptors (Lipinski definition) is 3. The predicted octanol–water partition coefficient (Wildman–Crippen LogP) is 0.395. The van der Waals surface area contributed by atoms with Crippen molar-refractivity contribution < 1.29 is 19.5 Å². The van der Waals surface area contributed by atoms with Crippen LogP contribution in [0.25, 0.3) is 0 Å². The zero-order valence-electron chi connectivity index (χ0n) is 10.4. The van der Waals surface area contributed by atoms with Gasteiger partial charge in [0.05, 0.1) is 17.9 Å². The fourth-order valence-corrected chi connectivity index (χ4v) is 2.05. The number of nitrogens with zero attached hydrogens (tertiary/aromatic N) is 1. The first-order valence-electron chi connectivity index (χ1n) is 5.86. The molecule has 2 amide bonds. The van der Waals surface area contributed by atoms with Crippen LogP contribution in [0.2, 0.25) is 0 Å². The lowest BCUT2D eigenvalue weighted by atomic mass is 10.1. The highest BCUT2D eigenvalue weighted by atomic mass is 16.4. The Morgan fingerprint density at radius 2 is 2.16 bits per heavy atom. The van der Waals surface area contributed by atoms with Crippen molar-refractivity contribution in [3.8, 4) is 0 Å². The number of carbonyl (C=O) groups excluding carboxylic acids is 2. The van der Waals surface area contributed by atoms with Crippen molar-refractivity contribution in [3.63, 3.8) is 0 Å². The number of carboxylic acids is 1. The molecule has 1 unspecified atom stereocenters. The number of primary amides is 1. The van der Waals surface area contributed by atoms with Crippen molar-refractivity contribution in [2.24, 2.45) is 11.7 Å². The van der Waals surface area contributed by atoms with E-state index in [0.717, 1.165) is 5.56 Å². The molecule has 0 saturated heterocycles. The van der Waals surface area contributed by atoms with E-state index in [1.807, 2.05) is 0 Å². The molecule has 1 aliphatic rings. The van der Waals surface area contributed by atoms with Gasteiger partial charge in [0.25, 0.3) is 0 Å². The lowest BCUT2D eigenvalue weighted by Crippen LogP contribution is -2.36. The third-order valence-electron chi connectivity index (χ3n) is 3.21. The number of aromatic carboxylic acids is 1. The molecule has 0 aromatic heterocycles. The molecule has 3 N–H and O–H groups in total. The Morgan fingerprint density at radius 1 is 1.47 bits per heavy atom. The molecular weight excluding hydrogens is 248 g/mol. The summed E-state index contributed by atoms with van der Waals surface area (Å²) < 4.78 is 0. The number of fused-ring (bicyclic) bond motifs is 1. The van der Waals surface area contributed by atoms with Gasteiger partial charge in [-0.3, -0.25) is 9.59 Å². The maximum absolute atomic E-state index is 11.9. The van der Waals surface area contributed by atoms with E-state index < -0.39 is 17.8 Å². The van der Waals surface area contributed by atoms with Crippen LogP contribution < -0.4 is 10.6 Å². The largest absolute Gasteiger partial charge is 0.478 e. The van der Waals surface area contributed by atoms with Gasteiger partial charge in [-0.1, -0.05) is 13.0 Å². The summed E-state index contributed by atoms with van der Waals surface area (Å²) in [5.41, 5.74) is 6.63. The molecule has 0 bridgehead atoms. The first kappa shape index (κ1) is 13.1. The Bertz CT molecular complexity index is 568. The Labute approximate surface area is 109 Å². The maximum atomic E-state index is 11.9. The summed E-state index contributed by atoms with van der Waals surface area (Å²) in [4.78, 5) is 35.3. The van der Waals surface area contributed by atoms with Crippen LogP contribution in [-0.4, -0.2) is 29.4 Å². The Kier molecular flexibility index (Phi) is 3.25. The lowest BCUT2D eigenvalue weighted by molar-refractivity contribution is -0.121. The average molecular weight is 262 g/mol. The van der Waals surface area contributed by atoms with E-state index in [0.29, 0.717) is 5.69 Å². The number of rotatable bonds is 4. The molecule has 6 heteroatoms. The molecule has 0 spiro atoms. The molecule has 0 saturated carbocycles. The molecule has 1 aromatic carbocycles. The number of benzene rings is 1. The minimum absolute atomic E-state index is 0.116. The van der Waals surface area contributed by atoms with Crippen molar-refractivity contribution in [1.29, 1.82) is 0 Å². The monoisotopic (exact) mass is 262 g/mol. The molecule has 19 heavy (non-hydrogen) atoms. The van der Waals surface area contributed by atoms with Gasteiger partial charge < -0.3 is 15.7 Å². The van der Waals surface area contributed by atoms with Crippen LogP contribution in [-0.2, 0) is 16.0 Å². The minimum Gasteiger partial charge on any atom is -0.478 e. The number of hydrogen-bond donors (Lipinski definition) is 2. The van der Waals surface area contributed by atoms with Crippen molar-refractivity contribution in [2.75, 3.05) is 11.4 Å². The number of amides is 2. The number of anilines is 1. The van der Waals surface area contributed by atoms with Gasteiger partial charge in [-0.2, -0.15) is 0 Å². The molecule has 2 rings (SSSR count). The smallest absolute Gasteiger partial charge is 0.335 e. The molecular formula is C13H14N2O4. The summed E-state index contributed by atoms with van der Waals surface area (Å²) >= 11 is 0. The second-order valence-corrected chi connectivity index (χ2v) is 4.63. The van der Waals surface area contributed by atoms with Crippen LogP contribution in [0.1, 0.15) is 22.8 Å². The fraction of sp³-hybridized carbons (Fsp3) is 0.308. The summed E-state index contributed by atoms with van der Waals surface area (Å²) in [6.45, 7) is 1.80. The fourth-order valence-electron chi connectivity index (χ4n) is 2.05. The van der Waals surface area contributed by atoms with Gasteiger partial charge in [-0.15, -0.1) is 0 Å². The van der Waals surface area contributed by atoms with Crippen LogP contribution in [0.4, 0.5) is 5.69 Å². The summed E-state index contributed by atoms with van der Waals surface area (Å²) in [6.07, 6.45) is 0.223.